The molecule has 6 nitrogen and oxygen atoms in total. The van der Waals surface area contributed by atoms with Crippen LogP contribution in [0, 0.1) is 0 Å². The maximum Gasteiger partial charge on any atom is 0.258 e. The van der Waals surface area contributed by atoms with Gasteiger partial charge >= 0.3 is 0 Å². The van der Waals surface area contributed by atoms with Crippen LogP contribution in [0.25, 0.3) is 0 Å². The highest BCUT2D eigenvalue weighted by Crippen LogP contribution is 2.17. The molecule has 134 valence electrons. The Bertz CT molecular complexity index is 640. The number of nitrogens with one attached hydrogen (secondary N) is 1. The Morgan fingerprint density at radius 1 is 0.840 bits per heavy atom. The summed E-state index contributed by atoms with van der Waals surface area (Å²) in [5.74, 6) is 2.68. The molecule has 0 aromatic heterocycles. The first-order valence-corrected chi connectivity index (χ1v) is 8.10. The molecular formula is C19H23NO5. The molecule has 0 aliphatic heterocycles. The SMILES string of the molecule is CCOc1ccc(OCCNC(=O)COc2ccc(OC)cc2)cc1. The number of carbonyl (C=O) groups excluding carboxylic acids is 1. The molecular weight excluding hydrogens is 322 g/mol. The van der Waals surface area contributed by atoms with Gasteiger partial charge in [0.05, 0.1) is 20.3 Å². The Balaban J connectivity index is 1.61. The maximum atomic E-state index is 11.7. The number of hydrogen-bond acceptors (Lipinski definition) is 5. The van der Waals surface area contributed by atoms with Crippen molar-refractivity contribution in [3.05, 3.63) is 48.5 Å². The lowest BCUT2D eigenvalue weighted by atomic mass is 10.3. The fourth-order valence-corrected chi connectivity index (χ4v) is 2.03. The minimum Gasteiger partial charge on any atom is -0.497 e. The summed E-state index contributed by atoms with van der Waals surface area (Å²) in [5, 5.41) is 2.74. The van der Waals surface area contributed by atoms with Crippen LogP contribution in [0.4, 0.5) is 0 Å². The van der Waals surface area contributed by atoms with E-state index < -0.39 is 0 Å². The molecule has 0 unspecified atom stereocenters. The minimum atomic E-state index is -0.203. The molecule has 25 heavy (non-hydrogen) atoms. The van der Waals surface area contributed by atoms with Crippen LogP contribution in [0.15, 0.2) is 48.5 Å². The van der Waals surface area contributed by atoms with Gasteiger partial charge in [0.1, 0.15) is 29.6 Å². The van der Waals surface area contributed by atoms with E-state index in [9.17, 15) is 4.79 Å². The van der Waals surface area contributed by atoms with Crippen molar-refractivity contribution in [1.82, 2.24) is 5.32 Å². The van der Waals surface area contributed by atoms with E-state index in [1.807, 2.05) is 31.2 Å². The van der Waals surface area contributed by atoms with Crippen molar-refractivity contribution in [1.29, 1.82) is 0 Å². The second-order valence-electron chi connectivity index (χ2n) is 5.07. The van der Waals surface area contributed by atoms with Gasteiger partial charge in [-0.25, -0.2) is 0 Å². The van der Waals surface area contributed by atoms with Crippen molar-refractivity contribution in [2.45, 2.75) is 6.92 Å². The van der Waals surface area contributed by atoms with Crippen LogP contribution in [0.1, 0.15) is 6.92 Å². The van der Waals surface area contributed by atoms with Gasteiger partial charge in [0.25, 0.3) is 5.91 Å². The summed E-state index contributed by atoms with van der Waals surface area (Å²) in [4.78, 5) is 11.7. The van der Waals surface area contributed by atoms with Crippen molar-refractivity contribution in [2.24, 2.45) is 0 Å². The zero-order chi connectivity index (χ0) is 17.9. The highest BCUT2D eigenvalue weighted by molar-refractivity contribution is 5.77. The summed E-state index contributed by atoms with van der Waals surface area (Å²) in [7, 11) is 1.60. The Morgan fingerprint density at radius 3 is 1.92 bits per heavy atom. The van der Waals surface area contributed by atoms with Crippen molar-refractivity contribution in [3.8, 4) is 23.0 Å². The molecule has 0 heterocycles. The predicted molar refractivity (Wildman–Crippen MR) is 94.6 cm³/mol. The summed E-state index contributed by atoms with van der Waals surface area (Å²) < 4.78 is 21.4. The third-order valence-corrected chi connectivity index (χ3v) is 3.26. The molecule has 1 amide bonds. The van der Waals surface area contributed by atoms with Crippen molar-refractivity contribution >= 4 is 5.91 Å². The van der Waals surface area contributed by atoms with Gasteiger partial charge in [-0.05, 0) is 55.5 Å². The first-order valence-electron chi connectivity index (χ1n) is 8.10. The van der Waals surface area contributed by atoms with Gasteiger partial charge in [-0.3, -0.25) is 4.79 Å². The van der Waals surface area contributed by atoms with E-state index >= 15 is 0 Å². The van der Waals surface area contributed by atoms with Crippen LogP contribution >= 0.6 is 0 Å². The van der Waals surface area contributed by atoms with E-state index in [4.69, 9.17) is 18.9 Å². The monoisotopic (exact) mass is 345 g/mol. The molecule has 0 radical (unpaired) electrons. The molecule has 0 atom stereocenters. The number of carbonyl (C=O) groups is 1. The van der Waals surface area contributed by atoms with Gasteiger partial charge in [0.2, 0.25) is 0 Å². The molecule has 2 aromatic carbocycles. The first-order chi connectivity index (χ1) is 12.2. The third-order valence-electron chi connectivity index (χ3n) is 3.26. The topological polar surface area (TPSA) is 66.0 Å². The van der Waals surface area contributed by atoms with Crippen LogP contribution < -0.4 is 24.3 Å². The van der Waals surface area contributed by atoms with E-state index in [2.05, 4.69) is 5.32 Å². The lowest BCUT2D eigenvalue weighted by molar-refractivity contribution is -0.123. The molecule has 0 fully saturated rings. The number of ether oxygens (including phenoxy) is 4. The normalized spacial score (nSPS) is 10.0. The van der Waals surface area contributed by atoms with Gasteiger partial charge in [0, 0.05) is 0 Å². The van der Waals surface area contributed by atoms with Gasteiger partial charge in [-0.2, -0.15) is 0 Å². The number of hydrogen-bond donors (Lipinski definition) is 1. The molecule has 1 N–H and O–H groups in total. The average molecular weight is 345 g/mol. The van der Waals surface area contributed by atoms with Gasteiger partial charge in [0.15, 0.2) is 6.61 Å². The highest BCUT2D eigenvalue weighted by Gasteiger charge is 2.03. The van der Waals surface area contributed by atoms with Crippen LogP contribution in [0.3, 0.4) is 0 Å². The molecule has 0 saturated carbocycles. The Morgan fingerprint density at radius 2 is 1.36 bits per heavy atom. The Labute approximate surface area is 147 Å². The van der Waals surface area contributed by atoms with Gasteiger partial charge in [-0.15, -0.1) is 0 Å². The highest BCUT2D eigenvalue weighted by atomic mass is 16.5. The smallest absolute Gasteiger partial charge is 0.258 e. The molecule has 2 rings (SSSR count). The Kier molecular flexibility index (Phi) is 7.43. The van der Waals surface area contributed by atoms with Crippen molar-refractivity contribution in [3.63, 3.8) is 0 Å². The zero-order valence-corrected chi connectivity index (χ0v) is 14.5. The molecule has 0 saturated heterocycles. The summed E-state index contributed by atoms with van der Waals surface area (Å²) in [6, 6.07) is 14.4. The second kappa shape index (κ2) is 10.1. The summed E-state index contributed by atoms with van der Waals surface area (Å²) in [5.41, 5.74) is 0. The maximum absolute atomic E-state index is 11.7. The fourth-order valence-electron chi connectivity index (χ4n) is 2.03. The zero-order valence-electron chi connectivity index (χ0n) is 14.5. The molecule has 2 aromatic rings. The van der Waals surface area contributed by atoms with Crippen molar-refractivity contribution in [2.75, 3.05) is 33.5 Å². The summed E-state index contributed by atoms with van der Waals surface area (Å²) >= 11 is 0. The van der Waals surface area contributed by atoms with Crippen LogP contribution in [0.5, 0.6) is 23.0 Å². The number of methoxy groups -OCH3 is 1. The van der Waals surface area contributed by atoms with Crippen LogP contribution in [0.2, 0.25) is 0 Å². The molecule has 0 aliphatic carbocycles. The second-order valence-corrected chi connectivity index (χ2v) is 5.07. The minimum absolute atomic E-state index is 0.0462. The standard InChI is InChI=1S/C19H23NO5/c1-3-23-16-8-10-17(11-9-16)24-13-12-20-19(21)14-25-18-6-4-15(22-2)5-7-18/h4-11H,3,12-14H2,1-2H3,(H,20,21). The molecule has 6 heteroatoms. The number of benzene rings is 2. The molecule has 0 spiro atoms. The third kappa shape index (κ3) is 6.63. The number of rotatable bonds is 10. The lowest BCUT2D eigenvalue weighted by Gasteiger charge is -2.10. The van der Waals surface area contributed by atoms with E-state index in [1.165, 1.54) is 0 Å². The van der Waals surface area contributed by atoms with Crippen LogP contribution in [-0.4, -0.2) is 39.4 Å². The summed E-state index contributed by atoms with van der Waals surface area (Å²) in [6.45, 7) is 3.30. The van der Waals surface area contributed by atoms with E-state index in [-0.39, 0.29) is 12.5 Å². The van der Waals surface area contributed by atoms with Crippen LogP contribution in [-0.2, 0) is 4.79 Å². The first kappa shape index (κ1) is 18.4. The van der Waals surface area contributed by atoms with E-state index in [1.54, 1.807) is 31.4 Å². The fraction of sp³-hybridized carbons (Fsp3) is 0.316. The number of amides is 1. The molecule has 0 aliphatic rings. The van der Waals surface area contributed by atoms with E-state index in [0.29, 0.717) is 25.5 Å². The molecule has 0 bridgehead atoms. The summed E-state index contributed by atoms with van der Waals surface area (Å²) in [6.07, 6.45) is 0. The largest absolute Gasteiger partial charge is 0.497 e. The van der Waals surface area contributed by atoms with Gasteiger partial charge < -0.3 is 24.3 Å². The van der Waals surface area contributed by atoms with E-state index in [0.717, 1.165) is 17.2 Å². The van der Waals surface area contributed by atoms with Crippen molar-refractivity contribution < 1.29 is 23.7 Å². The average Bonchev–Trinajstić information content (AvgIpc) is 2.65. The quantitative estimate of drug-likeness (QED) is 0.671. The lowest BCUT2D eigenvalue weighted by Crippen LogP contribution is -2.32. The predicted octanol–water partition coefficient (Wildman–Crippen LogP) is 2.67. The van der Waals surface area contributed by atoms with Gasteiger partial charge in [-0.1, -0.05) is 0 Å². The Hall–Kier alpha value is -2.89.